The van der Waals surface area contributed by atoms with Gasteiger partial charge in [-0.15, -0.1) is 0 Å². The second kappa shape index (κ2) is 32.8. The maximum absolute atomic E-state index is 13.4. The molecule has 0 aromatic heterocycles. The molecule has 8 aliphatic rings. The highest BCUT2D eigenvalue weighted by Gasteiger charge is 2.51. The van der Waals surface area contributed by atoms with Crippen molar-refractivity contribution in [3.63, 3.8) is 0 Å². The normalized spacial score (nSPS) is 27.1. The van der Waals surface area contributed by atoms with E-state index in [1.165, 1.54) is 53.6 Å². The van der Waals surface area contributed by atoms with Crippen LogP contribution in [0, 0.1) is 23.7 Å². The van der Waals surface area contributed by atoms with Crippen molar-refractivity contribution < 1.29 is 62.9 Å². The van der Waals surface area contributed by atoms with E-state index in [4.69, 9.17) is 0 Å². The number of nitrogens with zero attached hydrogens (tertiary/aromatic N) is 1. The van der Waals surface area contributed by atoms with E-state index in [1.54, 1.807) is 18.2 Å². The van der Waals surface area contributed by atoms with Crippen LogP contribution in [0.5, 0.6) is 0 Å². The second-order valence-corrected chi connectivity index (χ2v) is 30.9. The quantitative estimate of drug-likeness (QED) is 0.0384. The van der Waals surface area contributed by atoms with E-state index in [2.05, 4.69) is 106 Å². The second-order valence-electron chi connectivity index (χ2n) is 30.9. The number of anilines is 4. The van der Waals surface area contributed by atoms with E-state index in [-0.39, 0.29) is 96.2 Å². The number of benzene rings is 8. The lowest BCUT2D eigenvalue weighted by Crippen LogP contribution is -2.41. The first-order valence-electron chi connectivity index (χ1n) is 37.9. The predicted molar refractivity (Wildman–Crippen MR) is 401 cm³/mol. The largest absolute Gasteiger partial charge is 0.416 e. The van der Waals surface area contributed by atoms with Gasteiger partial charge in [-0.3, -0.25) is 0 Å². The lowest BCUT2D eigenvalue weighted by atomic mass is 9.75. The van der Waals surface area contributed by atoms with Crippen LogP contribution >= 0.6 is 0 Å². The summed E-state index contributed by atoms with van der Waals surface area (Å²) in [4.78, 5) is 2.15. The topological polar surface area (TPSA) is 128 Å². The molecule has 4 heterocycles. The van der Waals surface area contributed by atoms with Gasteiger partial charge in [-0.05, 0) is 226 Å². The summed E-state index contributed by atoms with van der Waals surface area (Å²) in [7, 11) is 4.11. The van der Waals surface area contributed by atoms with Crippen LogP contribution in [-0.4, -0.2) is 85.7 Å². The molecule has 16 atom stereocenters. The molecule has 8 aromatic carbocycles. The average molecular weight is 1500 g/mol. The van der Waals surface area contributed by atoms with Crippen LogP contribution in [0.3, 0.4) is 0 Å². The first-order chi connectivity index (χ1) is 51.6. The van der Waals surface area contributed by atoms with E-state index in [9.17, 15) is 62.9 Å². The minimum Gasteiger partial charge on any atom is -0.395 e. The Kier molecular flexibility index (Phi) is 23.7. The van der Waals surface area contributed by atoms with Gasteiger partial charge in [0.05, 0.1) is 59.1 Å². The maximum atomic E-state index is 13.4. The molecule has 4 aliphatic heterocycles. The molecule has 4 aliphatic carbocycles. The van der Waals surface area contributed by atoms with Crippen molar-refractivity contribution >= 4 is 22.7 Å². The Morgan fingerprint density at radius 3 is 0.972 bits per heavy atom. The Morgan fingerprint density at radius 1 is 0.380 bits per heavy atom. The fourth-order valence-corrected chi connectivity index (χ4v) is 19.0. The van der Waals surface area contributed by atoms with Gasteiger partial charge >= 0.3 is 24.7 Å². The molecule has 108 heavy (non-hydrogen) atoms. The number of aliphatic hydroxyl groups excluding tert-OH is 2. The third-order valence-electron chi connectivity index (χ3n) is 23.6. The van der Waals surface area contributed by atoms with Gasteiger partial charge < -0.3 is 52.3 Å². The number of hydrogen-bond acceptors (Lipinski definition) is 10. The monoisotopic (exact) mass is 1500 g/mol. The van der Waals surface area contributed by atoms with E-state index < -0.39 is 53.1 Å². The van der Waals surface area contributed by atoms with Crippen LogP contribution in [-0.2, 0) is 24.7 Å². The number of fused-ring (bicyclic) bond motifs is 12. The summed E-state index contributed by atoms with van der Waals surface area (Å²) in [6, 6.07) is 57.8. The number of alkyl halides is 12. The molecule has 5 unspecified atom stereocenters. The number of hydrogen-bond donors (Lipinski definition) is 9. The van der Waals surface area contributed by atoms with E-state index in [1.807, 2.05) is 84.9 Å². The lowest BCUT2D eigenvalue weighted by molar-refractivity contribution is -0.138. The zero-order valence-electron chi connectivity index (χ0n) is 60.9. The molecule has 16 rings (SSSR count). The van der Waals surface area contributed by atoms with Gasteiger partial charge in [-0.25, -0.2) is 0 Å². The Morgan fingerprint density at radius 2 is 0.667 bits per heavy atom. The van der Waals surface area contributed by atoms with Crippen molar-refractivity contribution in [3.8, 4) is 0 Å². The molecule has 4 fully saturated rings. The molecule has 0 bridgehead atoms. The third kappa shape index (κ3) is 17.2. The van der Waals surface area contributed by atoms with Gasteiger partial charge in [-0.2, -0.15) is 52.7 Å². The molecule has 576 valence electrons. The summed E-state index contributed by atoms with van der Waals surface area (Å²) >= 11 is 0. The smallest absolute Gasteiger partial charge is 0.395 e. The highest BCUT2D eigenvalue weighted by Crippen LogP contribution is 2.58. The van der Waals surface area contributed by atoms with E-state index in [0.717, 1.165) is 121 Å². The maximum Gasteiger partial charge on any atom is 0.416 e. The SMILES string of the molecule is CC(C)N[C@H]1CC[C@@H]2C1c1cc(C(F)(F)F)ccc1N[C@@H]2c1ccccc1.CN(C)CCCN[C@H]1CC[C@@H]2C1c1cc(C(F)(F)F)ccc1N[C@@H]2c1ccccc1.OC1CC[C@@H]2C1c1cc(C(F)(F)F)ccc1N[C@@H]2c1ccccc1.OCCN[C@H]1CC[C@@H]2C1c1cc(C(F)(F)F)ccc1N[C@@H]2c1ccccc1. The molecule has 0 saturated heterocycles. The van der Waals surface area contributed by atoms with Crippen LogP contribution in [0.15, 0.2) is 194 Å². The Hall–Kier alpha value is -8.12. The molecule has 10 nitrogen and oxygen atoms in total. The van der Waals surface area contributed by atoms with Crippen molar-refractivity contribution in [2.45, 2.75) is 174 Å². The van der Waals surface area contributed by atoms with Gasteiger partial charge in [0, 0.05) is 77.1 Å². The van der Waals surface area contributed by atoms with Gasteiger partial charge in [0.25, 0.3) is 0 Å². The zero-order valence-corrected chi connectivity index (χ0v) is 60.9. The Labute approximate surface area is 624 Å². The fraction of sp³-hybridized carbons (Fsp3) is 0.442. The summed E-state index contributed by atoms with van der Waals surface area (Å²) in [6.07, 6.45) is -9.74. The summed E-state index contributed by atoms with van der Waals surface area (Å²) in [5.41, 5.74) is 8.34. The molecular formula is C86H96F12N8O2. The van der Waals surface area contributed by atoms with Gasteiger partial charge in [-0.1, -0.05) is 135 Å². The van der Waals surface area contributed by atoms with Crippen molar-refractivity contribution in [2.24, 2.45) is 23.7 Å². The summed E-state index contributed by atoms with van der Waals surface area (Å²) in [5.74, 6) is 0.741. The van der Waals surface area contributed by atoms with Crippen molar-refractivity contribution in [2.75, 3.05) is 61.6 Å². The average Bonchev–Trinajstić information content (AvgIpc) is 1.47. The van der Waals surface area contributed by atoms with E-state index in [0.29, 0.717) is 30.3 Å². The highest BCUT2D eigenvalue weighted by atomic mass is 19.4. The van der Waals surface area contributed by atoms with Gasteiger partial charge in [0.2, 0.25) is 0 Å². The first-order valence-corrected chi connectivity index (χ1v) is 37.9. The Bertz CT molecular complexity index is 4280. The summed E-state index contributed by atoms with van der Waals surface area (Å²) < 4.78 is 159. The molecule has 9 N–H and O–H groups in total. The summed E-state index contributed by atoms with van der Waals surface area (Å²) in [5, 5.41) is 44.2. The van der Waals surface area contributed by atoms with Crippen molar-refractivity contribution in [1.82, 2.24) is 20.9 Å². The van der Waals surface area contributed by atoms with Crippen LogP contribution in [0.4, 0.5) is 75.4 Å². The standard InChI is InChI=1S/C24H30F3N3.C22H25F3N2.C21H23F3N2O.C19H18F3NO/c1-30(2)14-6-13-28-21-12-10-18-22(21)19-15-17(24(25,26)27)9-11-20(19)29-23(18)16-7-4-3-5-8-16;1-13(2)26-19-11-9-16-20(19)17-12-15(22(23,24)25)8-10-18(17)27-21(16)14-6-4-3-5-7-14;22-21(23,24)14-6-8-17-16(12-14)19-15(7-9-18(19)25-10-11-27)20(26-17)13-4-2-1-3-5-13;20-19(21,22)12-6-8-15-14(10-12)17-13(7-9-16(17)24)18(23-15)11-4-2-1-3-5-11/h3-5,7-9,11,15,18,21-23,28-29H,6,10,12-14H2,1-2H3;3-8,10,12-13,16,19-21,26-27H,9,11H2,1-2H3;1-6,8,12,15,18-20,25-27H,7,9-11H2;1-6,8,10,13,16-18,23-24H,7,9H2/t18-,21+,22?,23-;16-,19+,20?,21-;15-,18+,19?,20-;13-,16?,17?,18-/m1111/s1. The van der Waals surface area contributed by atoms with Gasteiger partial charge in [0.1, 0.15) is 0 Å². The van der Waals surface area contributed by atoms with Crippen LogP contribution < -0.4 is 37.2 Å². The van der Waals surface area contributed by atoms with E-state index >= 15 is 0 Å². The molecule has 4 saturated carbocycles. The number of aliphatic hydroxyl groups is 2. The minimum absolute atomic E-state index is 0.0117. The highest BCUT2D eigenvalue weighted by molar-refractivity contribution is 5.64. The molecule has 22 heteroatoms. The lowest BCUT2D eigenvalue weighted by Gasteiger charge is -2.40. The molecule has 0 radical (unpaired) electrons. The van der Waals surface area contributed by atoms with Crippen LogP contribution in [0.1, 0.15) is 186 Å². The zero-order chi connectivity index (χ0) is 76.4. The van der Waals surface area contributed by atoms with Crippen molar-refractivity contribution in [3.05, 3.63) is 261 Å². The minimum atomic E-state index is -4.37. The number of nitrogens with one attached hydrogen (secondary N) is 7. The molecule has 0 amide bonds. The third-order valence-corrected chi connectivity index (χ3v) is 23.6. The molecule has 0 spiro atoms. The predicted octanol–water partition coefficient (Wildman–Crippen LogP) is 20.1. The van der Waals surface area contributed by atoms with Crippen LogP contribution in [0.25, 0.3) is 0 Å². The number of rotatable bonds is 14. The Balaban J connectivity index is 0.000000127. The summed E-state index contributed by atoms with van der Waals surface area (Å²) in [6.45, 7) is 6.53. The van der Waals surface area contributed by atoms with Crippen molar-refractivity contribution in [1.29, 1.82) is 0 Å². The van der Waals surface area contributed by atoms with Crippen LogP contribution in [0.2, 0.25) is 0 Å². The molecule has 8 aromatic rings. The van der Waals surface area contributed by atoms with Gasteiger partial charge in [0.15, 0.2) is 0 Å². The fourth-order valence-electron chi connectivity index (χ4n) is 19.0. The molecular weight excluding hydrogens is 1400 g/mol. The number of halogens is 12. The first kappa shape index (κ1) is 78.0.